The lowest BCUT2D eigenvalue weighted by atomic mass is 10.1. The number of aromatic hydroxyl groups is 1. The fraction of sp³-hybridized carbons (Fsp3) is 0.304. The number of likely N-dealkylation sites (N-methyl/N-ethyl adjacent to an activating group) is 1. The molecule has 0 aliphatic rings. The second-order valence-corrected chi connectivity index (χ2v) is 7.86. The predicted octanol–water partition coefficient (Wildman–Crippen LogP) is 0.869. The second kappa shape index (κ2) is 10.2. The van der Waals surface area contributed by atoms with Gasteiger partial charge >= 0.3 is 0 Å². The molecular weight excluding hydrogens is 429 g/mol. The van der Waals surface area contributed by atoms with Gasteiger partial charge in [0.05, 0.1) is 5.52 Å². The van der Waals surface area contributed by atoms with E-state index in [9.17, 15) is 23.9 Å². The van der Waals surface area contributed by atoms with E-state index in [2.05, 4.69) is 15.6 Å². The number of carbonyl (C=O) groups is 2. The Morgan fingerprint density at radius 2 is 1.88 bits per heavy atom. The summed E-state index contributed by atoms with van der Waals surface area (Å²) in [6.07, 6.45) is 1.90. The van der Waals surface area contributed by atoms with E-state index in [1.807, 2.05) is 19.0 Å². The van der Waals surface area contributed by atoms with Crippen molar-refractivity contribution in [2.24, 2.45) is 0 Å². The number of carbonyl (C=O) groups excluding carboxylic acids is 2. The Morgan fingerprint density at radius 3 is 2.52 bits per heavy atom. The zero-order chi connectivity index (χ0) is 24.1. The molecule has 9 nitrogen and oxygen atoms in total. The Balaban J connectivity index is 2.06. The van der Waals surface area contributed by atoms with Crippen molar-refractivity contribution in [1.29, 1.82) is 0 Å². The lowest BCUT2D eigenvalue weighted by Crippen LogP contribution is -2.38. The SMILES string of the molecule is CNC(=O)c1c(O)c2ncc(Cc3ccc(F)cc3)cc2n(CC(=O)NCCN(C)C)c1=O. The summed E-state index contributed by atoms with van der Waals surface area (Å²) in [6, 6.07) is 7.60. The van der Waals surface area contributed by atoms with Gasteiger partial charge in [-0.25, -0.2) is 4.39 Å². The van der Waals surface area contributed by atoms with E-state index in [0.29, 0.717) is 25.1 Å². The first kappa shape index (κ1) is 23.9. The molecule has 0 bridgehead atoms. The molecule has 10 heteroatoms. The van der Waals surface area contributed by atoms with Crippen molar-refractivity contribution in [1.82, 2.24) is 25.1 Å². The molecule has 0 saturated carbocycles. The summed E-state index contributed by atoms with van der Waals surface area (Å²) in [6.45, 7) is 0.644. The number of nitrogens with zero attached hydrogens (tertiary/aromatic N) is 3. The Labute approximate surface area is 189 Å². The average Bonchev–Trinajstić information content (AvgIpc) is 2.77. The van der Waals surface area contributed by atoms with E-state index >= 15 is 0 Å². The summed E-state index contributed by atoms with van der Waals surface area (Å²) in [5, 5.41) is 15.7. The minimum Gasteiger partial charge on any atom is -0.505 e. The third-order valence-electron chi connectivity index (χ3n) is 5.09. The average molecular weight is 455 g/mol. The van der Waals surface area contributed by atoms with Crippen molar-refractivity contribution < 1.29 is 19.1 Å². The third-order valence-corrected chi connectivity index (χ3v) is 5.09. The fourth-order valence-electron chi connectivity index (χ4n) is 3.39. The molecule has 33 heavy (non-hydrogen) atoms. The van der Waals surface area contributed by atoms with Gasteiger partial charge in [-0.05, 0) is 49.8 Å². The van der Waals surface area contributed by atoms with Crippen LogP contribution in [0.25, 0.3) is 11.0 Å². The highest BCUT2D eigenvalue weighted by Gasteiger charge is 2.23. The van der Waals surface area contributed by atoms with Crippen LogP contribution >= 0.6 is 0 Å². The van der Waals surface area contributed by atoms with Gasteiger partial charge in [0, 0.05) is 26.3 Å². The number of hydrogen-bond donors (Lipinski definition) is 3. The third kappa shape index (κ3) is 5.53. The van der Waals surface area contributed by atoms with E-state index in [1.54, 1.807) is 18.2 Å². The molecule has 0 saturated heterocycles. The van der Waals surface area contributed by atoms with Gasteiger partial charge in [0.25, 0.3) is 11.5 Å². The summed E-state index contributed by atoms with van der Waals surface area (Å²) in [4.78, 5) is 44.1. The van der Waals surface area contributed by atoms with Crippen molar-refractivity contribution in [3.05, 3.63) is 69.4 Å². The second-order valence-electron chi connectivity index (χ2n) is 7.86. The maximum Gasteiger partial charge on any atom is 0.268 e. The number of fused-ring (bicyclic) bond motifs is 1. The zero-order valence-electron chi connectivity index (χ0n) is 18.7. The predicted molar refractivity (Wildman–Crippen MR) is 122 cm³/mol. The highest BCUT2D eigenvalue weighted by molar-refractivity contribution is 6.01. The van der Waals surface area contributed by atoms with Gasteiger partial charge in [-0.15, -0.1) is 0 Å². The number of aromatic nitrogens is 2. The molecule has 3 aromatic rings. The number of rotatable bonds is 8. The van der Waals surface area contributed by atoms with Gasteiger partial charge in [0.15, 0.2) is 5.75 Å². The molecule has 2 amide bonds. The highest BCUT2D eigenvalue weighted by atomic mass is 19.1. The summed E-state index contributed by atoms with van der Waals surface area (Å²) in [7, 11) is 5.07. The topological polar surface area (TPSA) is 117 Å². The molecule has 0 spiro atoms. The summed E-state index contributed by atoms with van der Waals surface area (Å²) in [5.74, 6) is -2.10. The standard InChI is InChI=1S/C23H26FN5O4/c1-25-22(32)19-21(31)20-17(29(23(19)33)13-18(30)26-8-9-28(2)3)11-15(12-27-20)10-14-4-6-16(24)7-5-14/h4-7,11-12,31H,8-10,13H2,1-3H3,(H,25,32)(H,26,30). The number of nitrogens with one attached hydrogen (secondary N) is 2. The Hall–Kier alpha value is -3.79. The molecule has 0 aliphatic carbocycles. The van der Waals surface area contributed by atoms with Gasteiger partial charge < -0.3 is 20.6 Å². The molecule has 0 unspecified atom stereocenters. The van der Waals surface area contributed by atoms with E-state index in [1.165, 1.54) is 25.4 Å². The molecular formula is C23H26FN5O4. The summed E-state index contributed by atoms with van der Waals surface area (Å²) >= 11 is 0. The normalized spacial score (nSPS) is 11.1. The minimum absolute atomic E-state index is 0.0251. The molecule has 0 fully saturated rings. The van der Waals surface area contributed by atoms with Crippen LogP contribution in [0.2, 0.25) is 0 Å². The molecule has 1 aromatic carbocycles. The smallest absolute Gasteiger partial charge is 0.268 e. The monoisotopic (exact) mass is 455 g/mol. The number of benzene rings is 1. The van der Waals surface area contributed by atoms with Crippen LogP contribution < -0.4 is 16.2 Å². The molecule has 174 valence electrons. The highest BCUT2D eigenvalue weighted by Crippen LogP contribution is 2.26. The van der Waals surface area contributed by atoms with Crippen LogP contribution in [-0.4, -0.2) is 65.6 Å². The van der Waals surface area contributed by atoms with Gasteiger partial charge in [-0.2, -0.15) is 0 Å². The molecule has 3 rings (SSSR count). The first-order valence-corrected chi connectivity index (χ1v) is 10.3. The van der Waals surface area contributed by atoms with Crippen LogP contribution in [0.15, 0.2) is 41.3 Å². The quantitative estimate of drug-likeness (QED) is 0.464. The van der Waals surface area contributed by atoms with Gasteiger partial charge in [-0.1, -0.05) is 12.1 Å². The maximum atomic E-state index is 13.2. The Bertz CT molecular complexity index is 1240. The summed E-state index contributed by atoms with van der Waals surface area (Å²) in [5.41, 5.74) is 0.457. The van der Waals surface area contributed by atoms with Crippen molar-refractivity contribution in [2.75, 3.05) is 34.2 Å². The molecule has 0 atom stereocenters. The zero-order valence-corrected chi connectivity index (χ0v) is 18.7. The largest absolute Gasteiger partial charge is 0.505 e. The molecule has 0 radical (unpaired) electrons. The minimum atomic E-state index is -0.803. The van der Waals surface area contributed by atoms with Crippen LogP contribution in [0.3, 0.4) is 0 Å². The van der Waals surface area contributed by atoms with Crippen LogP contribution in [0.5, 0.6) is 5.75 Å². The van der Waals surface area contributed by atoms with Crippen LogP contribution in [0, 0.1) is 5.82 Å². The maximum absolute atomic E-state index is 13.2. The number of halogens is 1. The van der Waals surface area contributed by atoms with Gasteiger partial charge in [0.1, 0.15) is 23.4 Å². The van der Waals surface area contributed by atoms with Gasteiger partial charge in [0.2, 0.25) is 5.91 Å². The number of amides is 2. The van der Waals surface area contributed by atoms with E-state index in [4.69, 9.17) is 0 Å². The number of pyridine rings is 2. The lowest BCUT2D eigenvalue weighted by molar-refractivity contribution is -0.121. The molecule has 2 aromatic heterocycles. The number of hydrogen-bond acceptors (Lipinski definition) is 6. The van der Waals surface area contributed by atoms with Crippen molar-refractivity contribution in [3.63, 3.8) is 0 Å². The van der Waals surface area contributed by atoms with Crippen molar-refractivity contribution in [3.8, 4) is 5.75 Å². The molecule has 0 aliphatic heterocycles. The van der Waals surface area contributed by atoms with Crippen molar-refractivity contribution in [2.45, 2.75) is 13.0 Å². The van der Waals surface area contributed by atoms with Crippen LogP contribution in [-0.2, 0) is 17.8 Å². The summed E-state index contributed by atoms with van der Waals surface area (Å²) < 4.78 is 14.3. The van der Waals surface area contributed by atoms with E-state index < -0.39 is 28.7 Å². The Kier molecular flexibility index (Phi) is 7.39. The Morgan fingerprint density at radius 1 is 1.18 bits per heavy atom. The first-order chi connectivity index (χ1) is 15.7. The van der Waals surface area contributed by atoms with E-state index in [0.717, 1.165) is 10.1 Å². The molecule has 3 N–H and O–H groups in total. The fourth-order valence-corrected chi connectivity index (χ4v) is 3.39. The molecule has 2 heterocycles. The van der Waals surface area contributed by atoms with Crippen molar-refractivity contribution >= 4 is 22.8 Å². The van der Waals surface area contributed by atoms with Crippen LogP contribution in [0.4, 0.5) is 4.39 Å². The van der Waals surface area contributed by atoms with E-state index in [-0.39, 0.29) is 23.4 Å². The van der Waals surface area contributed by atoms with Crippen LogP contribution in [0.1, 0.15) is 21.5 Å². The lowest BCUT2D eigenvalue weighted by Gasteiger charge is -2.15. The van der Waals surface area contributed by atoms with Gasteiger partial charge in [-0.3, -0.25) is 23.9 Å². The first-order valence-electron chi connectivity index (χ1n) is 10.3.